The molecule has 0 radical (unpaired) electrons. The SMILES string of the molecule is CS(=O)(=O)CCOc1cccc(NC(=O)NCc2ccco2)c1. The van der Waals surface area contributed by atoms with Gasteiger partial charge in [0.15, 0.2) is 9.84 Å². The van der Waals surface area contributed by atoms with Gasteiger partial charge in [0.1, 0.15) is 18.1 Å². The molecule has 124 valence electrons. The molecule has 0 aliphatic carbocycles. The van der Waals surface area contributed by atoms with Crippen LogP contribution in [-0.4, -0.2) is 33.1 Å². The number of hydrogen-bond acceptors (Lipinski definition) is 5. The van der Waals surface area contributed by atoms with E-state index in [1.54, 1.807) is 36.4 Å². The van der Waals surface area contributed by atoms with E-state index in [2.05, 4.69) is 10.6 Å². The van der Waals surface area contributed by atoms with Gasteiger partial charge in [0.25, 0.3) is 0 Å². The fourth-order valence-electron chi connectivity index (χ4n) is 1.73. The van der Waals surface area contributed by atoms with E-state index in [0.717, 1.165) is 6.26 Å². The van der Waals surface area contributed by atoms with Crippen molar-refractivity contribution in [1.29, 1.82) is 0 Å². The van der Waals surface area contributed by atoms with Gasteiger partial charge < -0.3 is 19.8 Å². The van der Waals surface area contributed by atoms with E-state index in [4.69, 9.17) is 9.15 Å². The van der Waals surface area contributed by atoms with E-state index >= 15 is 0 Å². The highest BCUT2D eigenvalue weighted by Crippen LogP contribution is 2.17. The van der Waals surface area contributed by atoms with Crippen LogP contribution >= 0.6 is 0 Å². The molecule has 0 atom stereocenters. The summed E-state index contributed by atoms with van der Waals surface area (Å²) < 4.78 is 32.6. The van der Waals surface area contributed by atoms with E-state index in [9.17, 15) is 13.2 Å². The maximum absolute atomic E-state index is 11.8. The Morgan fingerprint density at radius 3 is 2.78 bits per heavy atom. The Morgan fingerprint density at radius 1 is 1.26 bits per heavy atom. The van der Waals surface area contributed by atoms with Crippen LogP contribution in [0.3, 0.4) is 0 Å². The van der Waals surface area contributed by atoms with Gasteiger partial charge in [-0.05, 0) is 24.3 Å². The third-order valence-electron chi connectivity index (χ3n) is 2.82. The smallest absolute Gasteiger partial charge is 0.319 e. The van der Waals surface area contributed by atoms with Crippen LogP contribution in [0.25, 0.3) is 0 Å². The first-order chi connectivity index (χ1) is 10.9. The largest absolute Gasteiger partial charge is 0.492 e. The number of amides is 2. The van der Waals surface area contributed by atoms with Gasteiger partial charge in [-0.1, -0.05) is 6.07 Å². The minimum absolute atomic E-state index is 0.0612. The molecule has 23 heavy (non-hydrogen) atoms. The molecule has 1 heterocycles. The summed E-state index contributed by atoms with van der Waals surface area (Å²) in [5.41, 5.74) is 0.541. The first-order valence-corrected chi connectivity index (χ1v) is 8.96. The number of hydrogen-bond donors (Lipinski definition) is 2. The van der Waals surface area contributed by atoms with E-state index in [1.807, 2.05) is 0 Å². The Labute approximate surface area is 134 Å². The number of furan rings is 1. The van der Waals surface area contributed by atoms with E-state index < -0.39 is 9.84 Å². The molecule has 2 aromatic rings. The second kappa shape index (κ2) is 7.68. The van der Waals surface area contributed by atoms with Crippen LogP contribution in [0.15, 0.2) is 47.1 Å². The Morgan fingerprint density at radius 2 is 2.09 bits per heavy atom. The molecule has 0 saturated heterocycles. The summed E-state index contributed by atoms with van der Waals surface area (Å²) in [7, 11) is -3.07. The summed E-state index contributed by atoms with van der Waals surface area (Å²) >= 11 is 0. The molecule has 8 heteroatoms. The minimum atomic E-state index is -3.07. The lowest BCUT2D eigenvalue weighted by atomic mass is 10.3. The first kappa shape index (κ1) is 16.9. The number of carbonyl (C=O) groups is 1. The lowest BCUT2D eigenvalue weighted by molar-refractivity contribution is 0.251. The summed E-state index contributed by atoms with van der Waals surface area (Å²) in [5, 5.41) is 5.31. The predicted molar refractivity (Wildman–Crippen MR) is 86.2 cm³/mol. The van der Waals surface area contributed by atoms with Crippen molar-refractivity contribution in [2.75, 3.05) is 23.9 Å². The van der Waals surface area contributed by atoms with Crippen LogP contribution in [0.1, 0.15) is 5.76 Å². The van der Waals surface area contributed by atoms with Crippen molar-refractivity contribution in [1.82, 2.24) is 5.32 Å². The zero-order valence-electron chi connectivity index (χ0n) is 12.6. The van der Waals surface area contributed by atoms with Crippen LogP contribution in [-0.2, 0) is 16.4 Å². The predicted octanol–water partition coefficient (Wildman–Crippen LogP) is 2.02. The number of ether oxygens (including phenoxy) is 1. The molecule has 1 aromatic carbocycles. The van der Waals surface area contributed by atoms with Gasteiger partial charge in [-0.2, -0.15) is 0 Å². The van der Waals surface area contributed by atoms with Crippen molar-refractivity contribution < 1.29 is 22.4 Å². The lowest BCUT2D eigenvalue weighted by Crippen LogP contribution is -2.27. The number of carbonyl (C=O) groups excluding carboxylic acids is 1. The van der Waals surface area contributed by atoms with Gasteiger partial charge in [-0.25, -0.2) is 13.2 Å². The molecule has 2 amide bonds. The molecular weight excluding hydrogens is 320 g/mol. The van der Waals surface area contributed by atoms with Crippen molar-refractivity contribution in [3.05, 3.63) is 48.4 Å². The second-order valence-corrected chi connectivity index (χ2v) is 7.15. The van der Waals surface area contributed by atoms with Gasteiger partial charge in [0.2, 0.25) is 0 Å². The second-order valence-electron chi connectivity index (χ2n) is 4.89. The van der Waals surface area contributed by atoms with E-state index in [0.29, 0.717) is 17.2 Å². The highest BCUT2D eigenvalue weighted by atomic mass is 32.2. The molecule has 1 aromatic heterocycles. The number of nitrogens with one attached hydrogen (secondary N) is 2. The Bertz CT molecular complexity index is 741. The van der Waals surface area contributed by atoms with Gasteiger partial charge in [-0.15, -0.1) is 0 Å². The number of anilines is 1. The minimum Gasteiger partial charge on any atom is -0.492 e. The third-order valence-corrected chi connectivity index (χ3v) is 3.73. The summed E-state index contributed by atoms with van der Waals surface area (Å²) in [4.78, 5) is 11.8. The average molecular weight is 338 g/mol. The Balaban J connectivity index is 1.83. The zero-order chi connectivity index (χ0) is 16.7. The summed E-state index contributed by atoms with van der Waals surface area (Å²) in [6.07, 6.45) is 2.68. The molecule has 0 aliphatic heterocycles. The number of benzene rings is 1. The van der Waals surface area contributed by atoms with Gasteiger partial charge in [0, 0.05) is 18.0 Å². The van der Waals surface area contributed by atoms with Crippen LogP contribution < -0.4 is 15.4 Å². The van der Waals surface area contributed by atoms with Crippen LogP contribution in [0, 0.1) is 0 Å². The highest BCUT2D eigenvalue weighted by Gasteiger charge is 2.05. The van der Waals surface area contributed by atoms with Crippen molar-refractivity contribution in [2.45, 2.75) is 6.54 Å². The summed E-state index contributed by atoms with van der Waals surface area (Å²) in [6.45, 7) is 0.344. The van der Waals surface area contributed by atoms with Crippen LogP contribution in [0.2, 0.25) is 0 Å². The molecule has 2 rings (SSSR count). The van der Waals surface area contributed by atoms with Crippen molar-refractivity contribution in [3.63, 3.8) is 0 Å². The van der Waals surface area contributed by atoms with E-state index in [-0.39, 0.29) is 24.9 Å². The first-order valence-electron chi connectivity index (χ1n) is 6.90. The molecule has 0 bridgehead atoms. The van der Waals surface area contributed by atoms with Crippen molar-refractivity contribution in [3.8, 4) is 5.75 Å². The van der Waals surface area contributed by atoms with Crippen LogP contribution in [0.4, 0.5) is 10.5 Å². The number of rotatable bonds is 7. The monoisotopic (exact) mass is 338 g/mol. The van der Waals surface area contributed by atoms with Gasteiger partial charge in [0.05, 0.1) is 18.6 Å². The number of urea groups is 1. The maximum atomic E-state index is 11.8. The fourth-order valence-corrected chi connectivity index (χ4v) is 2.12. The molecule has 2 N–H and O–H groups in total. The van der Waals surface area contributed by atoms with Crippen molar-refractivity contribution in [2.24, 2.45) is 0 Å². The fraction of sp³-hybridized carbons (Fsp3) is 0.267. The average Bonchev–Trinajstić information content (AvgIpc) is 2.97. The molecule has 0 unspecified atom stereocenters. The Kier molecular flexibility index (Phi) is 5.64. The standard InChI is InChI=1S/C15H18N2O5S/c1-23(19,20)9-8-22-13-5-2-4-12(10-13)17-15(18)16-11-14-6-3-7-21-14/h2-7,10H,8-9,11H2,1H3,(H2,16,17,18). The Hall–Kier alpha value is -2.48. The molecule has 0 saturated carbocycles. The maximum Gasteiger partial charge on any atom is 0.319 e. The lowest BCUT2D eigenvalue weighted by Gasteiger charge is -2.09. The number of sulfone groups is 1. The molecule has 0 aliphatic rings. The normalized spacial score (nSPS) is 11.0. The van der Waals surface area contributed by atoms with Gasteiger partial charge in [-0.3, -0.25) is 0 Å². The third kappa shape index (κ3) is 6.43. The highest BCUT2D eigenvalue weighted by molar-refractivity contribution is 7.90. The summed E-state index contributed by atoms with van der Waals surface area (Å²) in [5.74, 6) is 1.07. The molecule has 0 spiro atoms. The zero-order valence-corrected chi connectivity index (χ0v) is 13.4. The van der Waals surface area contributed by atoms with Gasteiger partial charge >= 0.3 is 6.03 Å². The van der Waals surface area contributed by atoms with E-state index in [1.165, 1.54) is 6.26 Å². The molecule has 0 fully saturated rings. The quantitative estimate of drug-likeness (QED) is 0.805. The molecule has 7 nitrogen and oxygen atoms in total. The summed E-state index contributed by atoms with van der Waals surface area (Å²) in [6, 6.07) is 9.84. The van der Waals surface area contributed by atoms with Crippen LogP contribution in [0.5, 0.6) is 5.75 Å². The molecular formula is C15H18N2O5S. The topological polar surface area (TPSA) is 97.6 Å². The van der Waals surface area contributed by atoms with Crippen molar-refractivity contribution >= 4 is 21.6 Å².